The van der Waals surface area contributed by atoms with Gasteiger partial charge in [-0.05, 0) is 30.7 Å². The molecular formula is C26H28N8O3. The number of fused-ring (bicyclic) bond motifs is 1. The summed E-state index contributed by atoms with van der Waals surface area (Å²) in [7, 11) is 0. The van der Waals surface area contributed by atoms with Crippen LogP contribution in [0.15, 0.2) is 47.7 Å². The van der Waals surface area contributed by atoms with E-state index in [-0.39, 0.29) is 17.5 Å². The number of rotatable bonds is 7. The number of aromatic amines is 1. The number of aromatic nitrogens is 4. The van der Waals surface area contributed by atoms with Gasteiger partial charge in [-0.3, -0.25) is 14.6 Å². The van der Waals surface area contributed by atoms with Gasteiger partial charge < -0.3 is 19.4 Å². The summed E-state index contributed by atoms with van der Waals surface area (Å²) < 4.78 is 5.99. The number of hydrogen-bond donors (Lipinski definition) is 1. The van der Waals surface area contributed by atoms with Crippen molar-refractivity contribution in [2.75, 3.05) is 49.2 Å². The highest BCUT2D eigenvalue weighted by atomic mass is 16.5. The number of nitriles is 1. The van der Waals surface area contributed by atoms with E-state index in [0.29, 0.717) is 63.5 Å². The van der Waals surface area contributed by atoms with Crippen molar-refractivity contribution in [3.8, 4) is 6.07 Å². The Kier molecular flexibility index (Phi) is 7.09. The fourth-order valence-electron chi connectivity index (χ4n) is 4.82. The van der Waals surface area contributed by atoms with Crippen LogP contribution in [-0.4, -0.2) is 70.4 Å². The summed E-state index contributed by atoms with van der Waals surface area (Å²) >= 11 is 0. The molecule has 1 saturated heterocycles. The van der Waals surface area contributed by atoms with Crippen LogP contribution in [-0.2, 0) is 16.1 Å². The summed E-state index contributed by atoms with van der Waals surface area (Å²) in [6, 6.07) is 9.43. The minimum Gasteiger partial charge on any atom is -0.378 e. The molecule has 11 heteroatoms. The van der Waals surface area contributed by atoms with E-state index in [1.807, 2.05) is 23.1 Å². The van der Waals surface area contributed by atoms with E-state index in [4.69, 9.17) is 10.00 Å². The second kappa shape index (κ2) is 10.8. The summed E-state index contributed by atoms with van der Waals surface area (Å²) in [4.78, 5) is 39.9. The summed E-state index contributed by atoms with van der Waals surface area (Å²) in [6.45, 7) is 5.65. The Labute approximate surface area is 214 Å². The number of anilines is 2. The van der Waals surface area contributed by atoms with Crippen LogP contribution in [0.5, 0.6) is 0 Å². The Morgan fingerprint density at radius 3 is 2.78 bits per heavy atom. The largest absolute Gasteiger partial charge is 0.378 e. The third kappa shape index (κ3) is 5.15. The van der Waals surface area contributed by atoms with Crippen LogP contribution in [0, 0.1) is 18.3 Å². The molecule has 3 aromatic heterocycles. The summed E-state index contributed by atoms with van der Waals surface area (Å²) in [6.07, 6.45) is 5.28. The van der Waals surface area contributed by atoms with Crippen LogP contribution in [0.25, 0.3) is 0 Å². The molecule has 0 aliphatic carbocycles. The molecule has 2 aliphatic heterocycles. The number of ether oxygens (including phenoxy) is 1. The molecule has 1 fully saturated rings. The molecule has 1 amide bonds. The first-order valence-electron chi connectivity index (χ1n) is 12.3. The van der Waals surface area contributed by atoms with E-state index in [1.54, 1.807) is 31.6 Å². The van der Waals surface area contributed by atoms with Gasteiger partial charge in [0, 0.05) is 50.7 Å². The van der Waals surface area contributed by atoms with Gasteiger partial charge in [-0.15, -0.1) is 0 Å². The number of carbonyl (C=O) groups excluding carboxylic acids is 1. The molecule has 0 radical (unpaired) electrons. The first-order valence-corrected chi connectivity index (χ1v) is 12.3. The highest BCUT2D eigenvalue weighted by molar-refractivity contribution is 5.76. The lowest BCUT2D eigenvalue weighted by Crippen LogP contribution is -2.49. The van der Waals surface area contributed by atoms with Crippen LogP contribution < -0.4 is 15.4 Å². The fourth-order valence-corrected chi connectivity index (χ4v) is 4.82. The standard InChI is InChI=1S/C26H28N8O3/c1-18-21(15-30-31-26(18)36)34-16-20-3-2-7-28-25(20)22(34)17-37-12-6-24(35)33-10-8-32(9-11-33)23-5-4-19(13-27)14-29-23/h2-5,7,14-15,22H,6,8-12,16-17H2,1H3,(H,31,36)/t22-/m0/s1. The molecule has 0 bridgehead atoms. The van der Waals surface area contributed by atoms with Crippen LogP contribution in [0.2, 0.25) is 0 Å². The maximum absolute atomic E-state index is 12.8. The van der Waals surface area contributed by atoms with Crippen molar-refractivity contribution in [3.63, 3.8) is 0 Å². The number of carbonyl (C=O) groups is 1. The zero-order valence-electron chi connectivity index (χ0n) is 20.6. The van der Waals surface area contributed by atoms with Crippen LogP contribution in [0.3, 0.4) is 0 Å². The van der Waals surface area contributed by atoms with E-state index in [0.717, 1.165) is 22.8 Å². The van der Waals surface area contributed by atoms with E-state index >= 15 is 0 Å². The number of hydrogen-bond acceptors (Lipinski definition) is 9. The molecule has 1 N–H and O–H groups in total. The molecule has 11 nitrogen and oxygen atoms in total. The molecule has 5 heterocycles. The summed E-state index contributed by atoms with van der Waals surface area (Å²) in [5.74, 6) is 0.874. The van der Waals surface area contributed by atoms with E-state index < -0.39 is 0 Å². The van der Waals surface area contributed by atoms with E-state index in [2.05, 4.69) is 36.0 Å². The van der Waals surface area contributed by atoms with Gasteiger partial charge in [0.25, 0.3) is 5.56 Å². The molecule has 0 saturated carbocycles. The zero-order chi connectivity index (χ0) is 25.8. The normalized spacial score (nSPS) is 17.0. The lowest BCUT2D eigenvalue weighted by Gasteiger charge is -2.35. The summed E-state index contributed by atoms with van der Waals surface area (Å²) in [5.41, 5.74) is 3.66. The van der Waals surface area contributed by atoms with Gasteiger partial charge >= 0.3 is 0 Å². The molecule has 3 aromatic rings. The van der Waals surface area contributed by atoms with Crippen molar-refractivity contribution >= 4 is 17.4 Å². The number of nitrogens with zero attached hydrogens (tertiary/aromatic N) is 7. The molecule has 0 unspecified atom stereocenters. The van der Waals surface area contributed by atoms with Crippen molar-refractivity contribution in [1.29, 1.82) is 5.26 Å². The molecule has 0 spiro atoms. The van der Waals surface area contributed by atoms with Gasteiger partial charge in [0.15, 0.2) is 0 Å². The third-order valence-electron chi connectivity index (χ3n) is 6.92. The van der Waals surface area contributed by atoms with Gasteiger partial charge in [-0.1, -0.05) is 6.07 Å². The Bertz CT molecular complexity index is 1360. The Morgan fingerprint density at radius 2 is 2.03 bits per heavy atom. The van der Waals surface area contributed by atoms with Crippen LogP contribution in [0.1, 0.15) is 34.8 Å². The van der Waals surface area contributed by atoms with Gasteiger partial charge in [0.2, 0.25) is 5.91 Å². The molecule has 5 rings (SSSR count). The minimum atomic E-state index is -0.221. The van der Waals surface area contributed by atoms with Crippen molar-refractivity contribution in [2.24, 2.45) is 0 Å². The third-order valence-corrected chi connectivity index (χ3v) is 6.92. The minimum absolute atomic E-state index is 0.0591. The predicted octanol–water partition coefficient (Wildman–Crippen LogP) is 1.56. The first kappa shape index (κ1) is 24.4. The van der Waals surface area contributed by atoms with Crippen molar-refractivity contribution in [3.05, 3.63) is 75.6 Å². The van der Waals surface area contributed by atoms with Crippen LogP contribution in [0.4, 0.5) is 11.5 Å². The highest BCUT2D eigenvalue weighted by Gasteiger charge is 2.33. The topological polar surface area (TPSA) is 131 Å². The van der Waals surface area contributed by atoms with Gasteiger partial charge in [-0.25, -0.2) is 10.1 Å². The lowest BCUT2D eigenvalue weighted by molar-refractivity contribution is -0.132. The zero-order valence-corrected chi connectivity index (χ0v) is 20.6. The predicted molar refractivity (Wildman–Crippen MR) is 136 cm³/mol. The second-order valence-corrected chi connectivity index (χ2v) is 9.11. The van der Waals surface area contributed by atoms with Gasteiger partial charge in [0.1, 0.15) is 11.9 Å². The smallest absolute Gasteiger partial charge is 0.269 e. The highest BCUT2D eigenvalue weighted by Crippen LogP contribution is 2.36. The van der Waals surface area contributed by atoms with Gasteiger partial charge in [0.05, 0.1) is 48.8 Å². The SMILES string of the molecule is Cc1c(N2Cc3cccnc3[C@@H]2COCCC(=O)N2CCN(c3ccc(C#N)cn3)CC2)cn[nH]c1=O. The number of piperazine rings is 1. The molecular weight excluding hydrogens is 472 g/mol. The molecule has 1 atom stereocenters. The quantitative estimate of drug-likeness (QED) is 0.480. The van der Waals surface area contributed by atoms with Crippen molar-refractivity contribution < 1.29 is 9.53 Å². The van der Waals surface area contributed by atoms with Crippen molar-refractivity contribution in [2.45, 2.75) is 25.9 Å². The van der Waals surface area contributed by atoms with Gasteiger partial charge in [-0.2, -0.15) is 10.4 Å². The average Bonchev–Trinajstić information content (AvgIpc) is 3.31. The molecule has 190 valence electrons. The number of pyridine rings is 2. The first-order chi connectivity index (χ1) is 18.0. The average molecular weight is 501 g/mol. The number of nitrogens with one attached hydrogen (secondary N) is 1. The fraction of sp³-hybridized carbons (Fsp3) is 0.385. The Balaban J connectivity index is 1.14. The number of H-pyrrole nitrogens is 1. The Morgan fingerprint density at radius 1 is 1.19 bits per heavy atom. The summed E-state index contributed by atoms with van der Waals surface area (Å²) in [5, 5.41) is 15.4. The maximum atomic E-state index is 12.8. The van der Waals surface area contributed by atoms with Crippen molar-refractivity contribution in [1.82, 2.24) is 25.1 Å². The van der Waals surface area contributed by atoms with Crippen LogP contribution >= 0.6 is 0 Å². The lowest BCUT2D eigenvalue weighted by atomic mass is 10.1. The monoisotopic (exact) mass is 500 g/mol. The molecule has 2 aliphatic rings. The number of amides is 1. The van der Waals surface area contributed by atoms with E-state index in [9.17, 15) is 9.59 Å². The maximum Gasteiger partial charge on any atom is 0.269 e. The molecule has 0 aromatic carbocycles. The molecule has 37 heavy (non-hydrogen) atoms. The second-order valence-electron chi connectivity index (χ2n) is 9.11. The Hall–Kier alpha value is -4.30. The van der Waals surface area contributed by atoms with E-state index in [1.165, 1.54) is 0 Å².